The van der Waals surface area contributed by atoms with Gasteiger partial charge in [0.1, 0.15) is 12.4 Å². The Bertz CT molecular complexity index is 1270. The van der Waals surface area contributed by atoms with Gasteiger partial charge in [-0.1, -0.05) is 65.7 Å². The minimum Gasteiger partial charge on any atom is -0.489 e. The highest BCUT2D eigenvalue weighted by atomic mass is 35.5. The van der Waals surface area contributed by atoms with Gasteiger partial charge in [0.25, 0.3) is 5.91 Å². The zero-order valence-corrected chi connectivity index (χ0v) is 20.0. The second-order valence-electron chi connectivity index (χ2n) is 8.38. The normalized spacial score (nSPS) is 15.5. The number of fused-ring (bicyclic) bond motifs is 1. The minimum absolute atomic E-state index is 0.0894. The van der Waals surface area contributed by atoms with Crippen LogP contribution in [-0.4, -0.2) is 21.9 Å². The van der Waals surface area contributed by atoms with Crippen molar-refractivity contribution in [1.29, 1.82) is 0 Å². The first-order valence-corrected chi connectivity index (χ1v) is 12.0. The fourth-order valence-corrected chi connectivity index (χ4v) is 5.01. The number of benzene rings is 3. The van der Waals surface area contributed by atoms with E-state index in [1.165, 1.54) is 0 Å². The van der Waals surface area contributed by atoms with Crippen molar-refractivity contribution in [1.82, 2.24) is 9.47 Å². The van der Waals surface area contributed by atoms with E-state index in [1.54, 1.807) is 18.2 Å². The molecule has 0 saturated heterocycles. The highest BCUT2D eigenvalue weighted by Gasteiger charge is 2.31. The van der Waals surface area contributed by atoms with Crippen molar-refractivity contribution in [3.63, 3.8) is 0 Å². The van der Waals surface area contributed by atoms with Gasteiger partial charge in [-0.15, -0.1) is 0 Å². The Morgan fingerprint density at radius 3 is 2.35 bits per heavy atom. The molecule has 3 aromatic carbocycles. The number of aryl methyl sites for hydroxylation is 1. The van der Waals surface area contributed by atoms with Crippen LogP contribution < -0.4 is 4.74 Å². The molecular formula is C28H24Cl2N2O2. The molecule has 34 heavy (non-hydrogen) atoms. The van der Waals surface area contributed by atoms with E-state index in [-0.39, 0.29) is 11.9 Å². The lowest BCUT2D eigenvalue weighted by Gasteiger charge is -2.31. The third-order valence-electron chi connectivity index (χ3n) is 6.07. The molecule has 0 N–H and O–H groups in total. The van der Waals surface area contributed by atoms with Gasteiger partial charge in [0.05, 0.1) is 6.04 Å². The van der Waals surface area contributed by atoms with Crippen LogP contribution >= 0.6 is 23.2 Å². The maximum absolute atomic E-state index is 13.7. The van der Waals surface area contributed by atoms with E-state index in [1.807, 2.05) is 65.6 Å². The molecule has 4 nitrogen and oxygen atoms in total. The molecule has 6 heteroatoms. The molecule has 0 radical (unpaired) electrons. The zero-order valence-electron chi connectivity index (χ0n) is 18.5. The second kappa shape index (κ2) is 9.96. The Morgan fingerprint density at radius 2 is 1.62 bits per heavy atom. The summed E-state index contributed by atoms with van der Waals surface area (Å²) in [5.74, 6) is 0.699. The topological polar surface area (TPSA) is 34.5 Å². The Morgan fingerprint density at radius 1 is 0.882 bits per heavy atom. The Labute approximate surface area is 209 Å². The standard InChI is InChI=1S/C28H24Cl2N2O2/c29-23-16-22(17-24(30)18-23)28(33)32-15-5-14-31-13-4-8-26(31)27(32)21-9-11-25(12-10-21)34-19-20-6-2-1-3-7-20/h1-4,6-13,16-18,27H,5,14-15,19H2. The fraction of sp³-hybridized carbons (Fsp3) is 0.179. The van der Waals surface area contributed by atoms with Crippen molar-refractivity contribution in [3.05, 3.63) is 124 Å². The van der Waals surface area contributed by atoms with E-state index in [0.717, 1.165) is 35.5 Å². The van der Waals surface area contributed by atoms with E-state index >= 15 is 0 Å². The summed E-state index contributed by atoms with van der Waals surface area (Å²) in [6, 6.07) is 27.0. The van der Waals surface area contributed by atoms with E-state index < -0.39 is 0 Å². The van der Waals surface area contributed by atoms with E-state index in [2.05, 4.69) is 16.8 Å². The molecule has 0 fully saturated rings. The molecule has 1 amide bonds. The molecule has 1 atom stereocenters. The third kappa shape index (κ3) is 4.84. The molecule has 1 unspecified atom stereocenters. The quantitative estimate of drug-likeness (QED) is 0.301. The van der Waals surface area contributed by atoms with E-state index in [9.17, 15) is 4.79 Å². The van der Waals surface area contributed by atoms with Gasteiger partial charge in [0.15, 0.2) is 0 Å². The summed E-state index contributed by atoms with van der Waals surface area (Å²) in [4.78, 5) is 15.6. The van der Waals surface area contributed by atoms with Crippen LogP contribution in [-0.2, 0) is 13.2 Å². The number of hydrogen-bond acceptors (Lipinski definition) is 2. The average Bonchev–Trinajstić information content (AvgIpc) is 3.23. The lowest BCUT2D eigenvalue weighted by Crippen LogP contribution is -2.35. The number of carbonyl (C=O) groups excluding carboxylic acids is 1. The Kier molecular flexibility index (Phi) is 6.61. The number of nitrogens with zero attached hydrogens (tertiary/aromatic N) is 2. The van der Waals surface area contributed by atoms with Gasteiger partial charge in [-0.25, -0.2) is 0 Å². The third-order valence-corrected chi connectivity index (χ3v) is 6.51. The van der Waals surface area contributed by atoms with Crippen molar-refractivity contribution >= 4 is 29.1 Å². The summed E-state index contributed by atoms with van der Waals surface area (Å²) in [5, 5.41) is 0.899. The van der Waals surface area contributed by atoms with Gasteiger partial charge >= 0.3 is 0 Å². The van der Waals surface area contributed by atoms with Crippen molar-refractivity contribution in [3.8, 4) is 5.75 Å². The molecule has 0 spiro atoms. The fourth-order valence-electron chi connectivity index (χ4n) is 4.48. The lowest BCUT2D eigenvalue weighted by atomic mass is 10.0. The van der Waals surface area contributed by atoms with Crippen LogP contribution in [0.1, 0.15) is 39.6 Å². The predicted octanol–water partition coefficient (Wildman–Crippen LogP) is 7.01. The van der Waals surface area contributed by atoms with Crippen LogP contribution in [0.4, 0.5) is 0 Å². The summed E-state index contributed by atoms with van der Waals surface area (Å²) >= 11 is 12.4. The summed E-state index contributed by atoms with van der Waals surface area (Å²) in [7, 11) is 0. The first kappa shape index (κ1) is 22.6. The number of carbonyl (C=O) groups is 1. The molecule has 0 aliphatic carbocycles. The molecular weight excluding hydrogens is 467 g/mol. The summed E-state index contributed by atoms with van der Waals surface area (Å²) in [5.41, 5.74) is 3.71. The van der Waals surface area contributed by atoms with Crippen LogP contribution in [0.15, 0.2) is 91.1 Å². The minimum atomic E-state index is -0.231. The smallest absolute Gasteiger partial charge is 0.254 e. The largest absolute Gasteiger partial charge is 0.489 e. The molecule has 4 aromatic rings. The number of rotatable bonds is 5. The number of aromatic nitrogens is 1. The molecule has 0 bridgehead atoms. The van der Waals surface area contributed by atoms with E-state index in [0.29, 0.717) is 28.8 Å². The second-order valence-corrected chi connectivity index (χ2v) is 9.26. The lowest BCUT2D eigenvalue weighted by molar-refractivity contribution is 0.0709. The summed E-state index contributed by atoms with van der Waals surface area (Å²) in [6.45, 7) is 1.99. The maximum Gasteiger partial charge on any atom is 0.254 e. The van der Waals surface area contributed by atoms with Gasteiger partial charge in [-0.2, -0.15) is 0 Å². The summed E-state index contributed by atoms with van der Waals surface area (Å²) < 4.78 is 8.19. The zero-order chi connectivity index (χ0) is 23.5. The molecule has 172 valence electrons. The van der Waals surface area contributed by atoms with Crippen molar-refractivity contribution in [2.75, 3.05) is 6.54 Å². The Hall–Kier alpha value is -3.21. The molecule has 5 rings (SSSR count). The predicted molar refractivity (Wildman–Crippen MR) is 136 cm³/mol. The first-order valence-electron chi connectivity index (χ1n) is 11.3. The number of ether oxygens (including phenoxy) is 1. The van der Waals surface area contributed by atoms with Crippen molar-refractivity contribution in [2.24, 2.45) is 0 Å². The van der Waals surface area contributed by atoms with Gasteiger partial charge in [-0.3, -0.25) is 4.79 Å². The molecule has 2 heterocycles. The van der Waals surface area contributed by atoms with Gasteiger partial charge in [0.2, 0.25) is 0 Å². The molecule has 1 aliphatic heterocycles. The SMILES string of the molecule is O=C(c1cc(Cl)cc(Cl)c1)N1CCCn2cccc2C1c1ccc(OCc2ccccc2)cc1. The van der Waals surface area contributed by atoms with Gasteiger partial charge < -0.3 is 14.2 Å². The molecule has 0 saturated carbocycles. The Balaban J connectivity index is 1.45. The van der Waals surface area contributed by atoms with E-state index in [4.69, 9.17) is 27.9 Å². The van der Waals surface area contributed by atoms with Gasteiger partial charge in [-0.05, 0) is 60.0 Å². The number of amides is 1. The van der Waals surface area contributed by atoms with Crippen molar-refractivity contribution < 1.29 is 9.53 Å². The van der Waals surface area contributed by atoms with Gasteiger partial charge in [0, 0.05) is 40.6 Å². The monoisotopic (exact) mass is 490 g/mol. The van der Waals surface area contributed by atoms with Crippen LogP contribution in [0, 0.1) is 0 Å². The first-order chi connectivity index (χ1) is 16.6. The van der Waals surface area contributed by atoms with Crippen LogP contribution in [0.2, 0.25) is 10.0 Å². The molecule has 1 aromatic heterocycles. The maximum atomic E-state index is 13.7. The number of halogens is 2. The molecule has 1 aliphatic rings. The summed E-state index contributed by atoms with van der Waals surface area (Å²) in [6.07, 6.45) is 2.93. The highest BCUT2D eigenvalue weighted by Crippen LogP contribution is 2.34. The van der Waals surface area contributed by atoms with Crippen LogP contribution in [0.5, 0.6) is 5.75 Å². The highest BCUT2D eigenvalue weighted by molar-refractivity contribution is 6.35. The van der Waals surface area contributed by atoms with Crippen LogP contribution in [0.3, 0.4) is 0 Å². The van der Waals surface area contributed by atoms with Crippen molar-refractivity contribution in [2.45, 2.75) is 25.6 Å². The number of hydrogen-bond donors (Lipinski definition) is 0. The van der Waals surface area contributed by atoms with Crippen LogP contribution in [0.25, 0.3) is 0 Å². The average molecular weight is 491 g/mol.